The number of rotatable bonds is 2. The Hall–Kier alpha value is -0.280. The zero-order valence-corrected chi connectivity index (χ0v) is 11.7. The van der Waals surface area contributed by atoms with Gasteiger partial charge in [0.25, 0.3) is 0 Å². The van der Waals surface area contributed by atoms with E-state index in [0.29, 0.717) is 16.1 Å². The van der Waals surface area contributed by atoms with E-state index in [-0.39, 0.29) is 12.1 Å². The zero-order valence-electron chi connectivity index (χ0n) is 10.2. The molecule has 2 rings (SSSR count). The van der Waals surface area contributed by atoms with Crippen LogP contribution in [-0.2, 0) is 0 Å². The van der Waals surface area contributed by atoms with Crippen LogP contribution in [0.1, 0.15) is 31.9 Å². The van der Waals surface area contributed by atoms with Crippen LogP contribution in [0.5, 0.6) is 0 Å². The third kappa shape index (κ3) is 2.45. The summed E-state index contributed by atoms with van der Waals surface area (Å²) >= 11 is 12.4. The summed E-state index contributed by atoms with van der Waals surface area (Å²) in [5, 5.41) is 1.24. The van der Waals surface area contributed by atoms with Crippen molar-refractivity contribution in [2.75, 3.05) is 6.54 Å². The molecule has 1 aliphatic rings. The first-order valence-corrected chi connectivity index (χ1v) is 6.73. The van der Waals surface area contributed by atoms with Gasteiger partial charge in [0, 0.05) is 18.6 Å². The molecular weight excluding hydrogens is 255 g/mol. The van der Waals surface area contributed by atoms with E-state index < -0.39 is 0 Å². The fraction of sp³-hybridized carbons (Fsp3) is 0.538. The van der Waals surface area contributed by atoms with Crippen molar-refractivity contribution >= 4 is 23.2 Å². The molecule has 0 spiro atoms. The SMILES string of the molecule is CC(C)N1CCC(N)C1c1cccc(Cl)c1Cl. The molecule has 2 N–H and O–H groups in total. The molecule has 1 fully saturated rings. The first-order chi connectivity index (χ1) is 8.02. The first kappa shape index (κ1) is 13.2. The molecule has 0 radical (unpaired) electrons. The van der Waals surface area contributed by atoms with Crippen LogP contribution >= 0.6 is 23.2 Å². The van der Waals surface area contributed by atoms with E-state index in [1.165, 1.54) is 0 Å². The maximum absolute atomic E-state index is 6.29. The van der Waals surface area contributed by atoms with Crippen LogP contribution in [0, 0.1) is 0 Å². The largest absolute Gasteiger partial charge is 0.326 e. The normalized spacial score (nSPS) is 25.8. The molecule has 1 heterocycles. The van der Waals surface area contributed by atoms with E-state index in [1.54, 1.807) is 0 Å². The van der Waals surface area contributed by atoms with Crippen LogP contribution in [0.15, 0.2) is 18.2 Å². The van der Waals surface area contributed by atoms with Gasteiger partial charge in [0.15, 0.2) is 0 Å². The van der Waals surface area contributed by atoms with Crippen molar-refractivity contribution in [3.63, 3.8) is 0 Å². The summed E-state index contributed by atoms with van der Waals surface area (Å²) in [4.78, 5) is 2.39. The molecule has 1 aromatic rings. The van der Waals surface area contributed by atoms with E-state index >= 15 is 0 Å². The lowest BCUT2D eigenvalue weighted by Gasteiger charge is -2.31. The minimum Gasteiger partial charge on any atom is -0.326 e. The average molecular weight is 273 g/mol. The molecule has 0 aliphatic carbocycles. The second-order valence-corrected chi connectivity index (χ2v) is 5.66. The van der Waals surface area contributed by atoms with Gasteiger partial charge in [0.1, 0.15) is 0 Å². The van der Waals surface area contributed by atoms with Crippen molar-refractivity contribution in [1.29, 1.82) is 0 Å². The lowest BCUT2D eigenvalue weighted by atomic mass is 10.00. The van der Waals surface area contributed by atoms with E-state index in [4.69, 9.17) is 28.9 Å². The summed E-state index contributed by atoms with van der Waals surface area (Å²) in [5.74, 6) is 0. The highest BCUT2D eigenvalue weighted by molar-refractivity contribution is 6.42. The number of nitrogens with zero attached hydrogens (tertiary/aromatic N) is 1. The third-order valence-electron chi connectivity index (χ3n) is 3.45. The lowest BCUT2D eigenvalue weighted by molar-refractivity contribution is 0.198. The quantitative estimate of drug-likeness (QED) is 0.893. The van der Waals surface area contributed by atoms with Gasteiger partial charge in [-0.2, -0.15) is 0 Å². The van der Waals surface area contributed by atoms with Gasteiger partial charge in [0.2, 0.25) is 0 Å². The predicted molar refractivity (Wildman–Crippen MR) is 73.6 cm³/mol. The van der Waals surface area contributed by atoms with Gasteiger partial charge in [0.05, 0.1) is 16.1 Å². The van der Waals surface area contributed by atoms with Crippen molar-refractivity contribution < 1.29 is 0 Å². The molecule has 0 aromatic heterocycles. The Morgan fingerprint density at radius 3 is 2.71 bits per heavy atom. The molecule has 0 saturated carbocycles. The molecule has 0 bridgehead atoms. The van der Waals surface area contributed by atoms with Crippen LogP contribution in [0.3, 0.4) is 0 Å². The number of benzene rings is 1. The maximum Gasteiger partial charge on any atom is 0.0640 e. The minimum absolute atomic E-state index is 0.133. The second-order valence-electron chi connectivity index (χ2n) is 4.87. The molecular formula is C13H18Cl2N2. The number of hydrogen-bond acceptors (Lipinski definition) is 2. The van der Waals surface area contributed by atoms with E-state index in [2.05, 4.69) is 18.7 Å². The maximum atomic E-state index is 6.29. The molecule has 94 valence electrons. The summed E-state index contributed by atoms with van der Waals surface area (Å²) in [7, 11) is 0. The highest BCUT2D eigenvalue weighted by Crippen LogP contribution is 2.38. The molecule has 1 saturated heterocycles. The van der Waals surface area contributed by atoms with Gasteiger partial charge < -0.3 is 5.73 Å². The molecule has 17 heavy (non-hydrogen) atoms. The molecule has 0 amide bonds. The molecule has 1 aromatic carbocycles. The van der Waals surface area contributed by atoms with Crippen LogP contribution in [0.25, 0.3) is 0 Å². The van der Waals surface area contributed by atoms with Crippen LogP contribution in [0.4, 0.5) is 0 Å². The second kappa shape index (κ2) is 5.15. The van der Waals surface area contributed by atoms with E-state index in [9.17, 15) is 0 Å². The number of hydrogen-bond donors (Lipinski definition) is 1. The topological polar surface area (TPSA) is 29.3 Å². The Kier molecular flexibility index (Phi) is 3.99. The zero-order chi connectivity index (χ0) is 12.6. The van der Waals surface area contributed by atoms with Gasteiger partial charge in [-0.15, -0.1) is 0 Å². The number of nitrogens with two attached hydrogens (primary N) is 1. The Bertz CT molecular complexity index is 406. The third-order valence-corrected chi connectivity index (χ3v) is 4.28. The molecule has 1 aliphatic heterocycles. The van der Waals surface area contributed by atoms with Gasteiger partial charge in [-0.25, -0.2) is 0 Å². The predicted octanol–water partition coefficient (Wildman–Crippen LogP) is 3.48. The molecule has 2 unspecified atom stereocenters. The Morgan fingerprint density at radius 1 is 1.35 bits per heavy atom. The van der Waals surface area contributed by atoms with Gasteiger partial charge in [-0.05, 0) is 31.9 Å². The molecule has 2 atom stereocenters. The number of likely N-dealkylation sites (tertiary alicyclic amines) is 1. The summed E-state index contributed by atoms with van der Waals surface area (Å²) in [6.45, 7) is 5.39. The summed E-state index contributed by atoms with van der Waals surface area (Å²) in [5.41, 5.74) is 7.27. The fourth-order valence-corrected chi connectivity index (χ4v) is 3.00. The molecule has 2 nitrogen and oxygen atoms in total. The molecule has 4 heteroatoms. The standard InChI is InChI=1S/C13H18Cl2N2/c1-8(2)17-7-6-11(16)13(17)9-4-3-5-10(14)12(9)15/h3-5,8,11,13H,6-7,16H2,1-2H3. The Labute approximate surface area is 113 Å². The van der Waals surface area contributed by atoms with Gasteiger partial charge >= 0.3 is 0 Å². The van der Waals surface area contributed by atoms with Crippen molar-refractivity contribution in [2.45, 2.75) is 38.4 Å². The van der Waals surface area contributed by atoms with Crippen molar-refractivity contribution in [3.8, 4) is 0 Å². The van der Waals surface area contributed by atoms with Crippen LogP contribution < -0.4 is 5.73 Å². The van der Waals surface area contributed by atoms with E-state index in [1.807, 2.05) is 18.2 Å². The van der Waals surface area contributed by atoms with Crippen LogP contribution in [0.2, 0.25) is 10.0 Å². The highest BCUT2D eigenvalue weighted by Gasteiger charge is 2.35. The summed E-state index contributed by atoms with van der Waals surface area (Å²) in [6.07, 6.45) is 1.01. The van der Waals surface area contributed by atoms with Crippen molar-refractivity contribution in [3.05, 3.63) is 33.8 Å². The Morgan fingerprint density at radius 2 is 2.06 bits per heavy atom. The summed E-state index contributed by atoms with van der Waals surface area (Å²) < 4.78 is 0. The number of halogens is 2. The van der Waals surface area contributed by atoms with Gasteiger partial charge in [-0.1, -0.05) is 35.3 Å². The van der Waals surface area contributed by atoms with Crippen molar-refractivity contribution in [2.24, 2.45) is 5.73 Å². The lowest BCUT2D eigenvalue weighted by Crippen LogP contribution is -2.36. The Balaban J connectivity index is 2.40. The summed E-state index contributed by atoms with van der Waals surface area (Å²) in [6, 6.07) is 6.55. The fourth-order valence-electron chi connectivity index (χ4n) is 2.58. The van der Waals surface area contributed by atoms with E-state index in [0.717, 1.165) is 18.5 Å². The van der Waals surface area contributed by atoms with Gasteiger partial charge in [-0.3, -0.25) is 4.90 Å². The monoisotopic (exact) mass is 272 g/mol. The smallest absolute Gasteiger partial charge is 0.0640 e. The van der Waals surface area contributed by atoms with Crippen LogP contribution in [-0.4, -0.2) is 23.5 Å². The first-order valence-electron chi connectivity index (χ1n) is 5.97. The van der Waals surface area contributed by atoms with Crippen molar-refractivity contribution in [1.82, 2.24) is 4.90 Å². The highest BCUT2D eigenvalue weighted by atomic mass is 35.5. The minimum atomic E-state index is 0.133. The average Bonchev–Trinajstić information content (AvgIpc) is 2.65.